The Hall–Kier alpha value is -2.18. The van der Waals surface area contributed by atoms with E-state index in [1.165, 1.54) is 18.7 Å². The zero-order valence-corrected chi connectivity index (χ0v) is 21.5. The summed E-state index contributed by atoms with van der Waals surface area (Å²) in [5.74, 6) is 0.896. The Morgan fingerprint density at radius 1 is 1.25 bits per heavy atom. The summed E-state index contributed by atoms with van der Waals surface area (Å²) in [5.41, 5.74) is 4.16. The fourth-order valence-electron chi connectivity index (χ4n) is 3.18. The molecular weight excluding hydrogens is 538 g/mol. The Balaban J connectivity index is 0.00000512. The first-order valence-corrected chi connectivity index (χ1v) is 9.86. The lowest BCUT2D eigenvalue weighted by Gasteiger charge is -2.19. The number of hydrogen-bond donors (Lipinski definition) is 2. The highest BCUT2D eigenvalue weighted by Gasteiger charge is 2.29. The monoisotopic (exact) mass is 569 g/mol. The predicted octanol–water partition coefficient (Wildman–Crippen LogP) is 3.90. The maximum atomic E-state index is 12.4. The number of halogens is 4. The average Bonchev–Trinajstić information content (AvgIpc) is 2.95. The standard InChI is InChI=1S/C21H30F3N5O2.HI/c1-13(9-17-14(2)28-29(5)15(17)3)27-20(25-4)26-11-16-7-8-18(19(10-16)30-6)31-12-21(22,23)24;/h7-8,10,13H,9,11-12H2,1-6H3,(H2,25,26,27);1H. The van der Waals surface area contributed by atoms with Gasteiger partial charge in [-0.3, -0.25) is 9.67 Å². The first-order valence-electron chi connectivity index (χ1n) is 9.86. The minimum atomic E-state index is -4.41. The van der Waals surface area contributed by atoms with Gasteiger partial charge in [0.2, 0.25) is 0 Å². The van der Waals surface area contributed by atoms with Gasteiger partial charge < -0.3 is 20.1 Å². The van der Waals surface area contributed by atoms with E-state index in [9.17, 15) is 13.2 Å². The summed E-state index contributed by atoms with van der Waals surface area (Å²) in [6.07, 6.45) is -3.61. The SMILES string of the molecule is CN=C(NCc1ccc(OCC(F)(F)F)c(OC)c1)NC(C)Cc1c(C)nn(C)c1C.I. The number of nitrogens with one attached hydrogen (secondary N) is 2. The van der Waals surface area contributed by atoms with Gasteiger partial charge in [-0.1, -0.05) is 6.07 Å². The van der Waals surface area contributed by atoms with Gasteiger partial charge in [-0.15, -0.1) is 24.0 Å². The molecule has 7 nitrogen and oxygen atoms in total. The number of guanidine groups is 1. The highest BCUT2D eigenvalue weighted by molar-refractivity contribution is 14.0. The molecule has 2 aromatic rings. The Morgan fingerprint density at radius 2 is 1.94 bits per heavy atom. The number of aliphatic imine (C=N–C) groups is 1. The van der Waals surface area contributed by atoms with Crippen LogP contribution in [0.1, 0.15) is 29.4 Å². The number of alkyl halides is 3. The molecule has 11 heteroatoms. The molecule has 1 atom stereocenters. The first-order chi connectivity index (χ1) is 14.5. The second-order valence-corrected chi connectivity index (χ2v) is 7.34. The number of hydrogen-bond acceptors (Lipinski definition) is 4. The molecule has 0 fully saturated rings. The Morgan fingerprint density at radius 3 is 2.47 bits per heavy atom. The van der Waals surface area contributed by atoms with Crippen molar-refractivity contribution in [3.05, 3.63) is 40.7 Å². The molecule has 1 heterocycles. The van der Waals surface area contributed by atoms with Gasteiger partial charge in [-0.2, -0.15) is 18.3 Å². The smallest absolute Gasteiger partial charge is 0.422 e. The van der Waals surface area contributed by atoms with E-state index in [1.54, 1.807) is 19.2 Å². The lowest BCUT2D eigenvalue weighted by Crippen LogP contribution is -2.42. The molecule has 2 N–H and O–H groups in total. The second kappa shape index (κ2) is 12.2. The molecule has 1 aromatic carbocycles. The normalized spacial score (nSPS) is 12.7. The summed E-state index contributed by atoms with van der Waals surface area (Å²) < 4.78 is 49.0. The number of aromatic nitrogens is 2. The van der Waals surface area contributed by atoms with Crippen molar-refractivity contribution in [1.29, 1.82) is 0 Å². The summed E-state index contributed by atoms with van der Waals surface area (Å²) in [7, 11) is 4.99. The van der Waals surface area contributed by atoms with E-state index < -0.39 is 12.8 Å². The van der Waals surface area contributed by atoms with Crippen LogP contribution >= 0.6 is 24.0 Å². The zero-order chi connectivity index (χ0) is 23.2. The quantitative estimate of drug-likeness (QED) is 0.287. The van der Waals surface area contributed by atoms with Crippen molar-refractivity contribution >= 4 is 29.9 Å². The first kappa shape index (κ1) is 27.9. The molecule has 0 aliphatic rings. The van der Waals surface area contributed by atoms with Crippen LogP contribution in [-0.2, 0) is 20.0 Å². The third-order valence-corrected chi connectivity index (χ3v) is 4.86. The highest BCUT2D eigenvalue weighted by Crippen LogP contribution is 2.29. The molecule has 0 saturated carbocycles. The molecule has 1 unspecified atom stereocenters. The fraction of sp³-hybridized carbons (Fsp3) is 0.524. The summed E-state index contributed by atoms with van der Waals surface area (Å²) in [5, 5.41) is 11.0. The lowest BCUT2D eigenvalue weighted by atomic mass is 10.1. The van der Waals surface area contributed by atoms with Crippen LogP contribution in [0.4, 0.5) is 13.2 Å². The Labute approximate surface area is 203 Å². The van der Waals surface area contributed by atoms with Crippen LogP contribution in [-0.4, -0.2) is 48.7 Å². The number of nitrogens with zero attached hydrogens (tertiary/aromatic N) is 3. The molecule has 180 valence electrons. The van der Waals surface area contributed by atoms with E-state index in [0.29, 0.717) is 12.5 Å². The third kappa shape index (κ3) is 8.06. The van der Waals surface area contributed by atoms with Gasteiger partial charge in [0.15, 0.2) is 24.1 Å². The Kier molecular flexibility index (Phi) is 10.6. The fourth-order valence-corrected chi connectivity index (χ4v) is 3.18. The molecule has 0 radical (unpaired) electrons. The zero-order valence-electron chi connectivity index (χ0n) is 19.1. The van der Waals surface area contributed by atoms with E-state index in [2.05, 4.69) is 27.6 Å². The minimum Gasteiger partial charge on any atom is -0.493 e. The van der Waals surface area contributed by atoms with E-state index in [0.717, 1.165) is 23.4 Å². The molecule has 0 aliphatic heterocycles. The van der Waals surface area contributed by atoms with Crippen LogP contribution in [0, 0.1) is 13.8 Å². The van der Waals surface area contributed by atoms with Gasteiger partial charge in [0, 0.05) is 32.4 Å². The van der Waals surface area contributed by atoms with Gasteiger partial charge in [-0.05, 0) is 50.5 Å². The highest BCUT2D eigenvalue weighted by atomic mass is 127. The molecule has 0 bridgehead atoms. The average molecular weight is 569 g/mol. The predicted molar refractivity (Wildman–Crippen MR) is 129 cm³/mol. The van der Waals surface area contributed by atoms with Crippen molar-refractivity contribution in [2.24, 2.45) is 12.0 Å². The van der Waals surface area contributed by atoms with Crippen molar-refractivity contribution in [2.75, 3.05) is 20.8 Å². The topological polar surface area (TPSA) is 72.7 Å². The number of methoxy groups -OCH3 is 1. The molecule has 0 amide bonds. The van der Waals surface area contributed by atoms with E-state index in [1.807, 2.05) is 25.6 Å². The van der Waals surface area contributed by atoms with Crippen LogP contribution in [0.15, 0.2) is 23.2 Å². The Bertz CT molecular complexity index is 916. The summed E-state index contributed by atoms with van der Waals surface area (Å²) in [6, 6.07) is 4.90. The van der Waals surface area contributed by atoms with Crippen molar-refractivity contribution in [1.82, 2.24) is 20.4 Å². The van der Waals surface area contributed by atoms with Gasteiger partial charge >= 0.3 is 6.18 Å². The van der Waals surface area contributed by atoms with Crippen molar-refractivity contribution in [3.8, 4) is 11.5 Å². The molecule has 0 spiro atoms. The largest absolute Gasteiger partial charge is 0.493 e. The number of aryl methyl sites for hydroxylation is 2. The summed E-state index contributed by atoms with van der Waals surface area (Å²) in [6.45, 7) is 5.15. The lowest BCUT2D eigenvalue weighted by molar-refractivity contribution is -0.153. The number of rotatable bonds is 8. The van der Waals surface area contributed by atoms with E-state index in [-0.39, 0.29) is 41.5 Å². The molecule has 0 aliphatic carbocycles. The molecule has 1 aromatic heterocycles. The van der Waals surface area contributed by atoms with Gasteiger partial charge in [-0.25, -0.2) is 0 Å². The molecule has 32 heavy (non-hydrogen) atoms. The number of ether oxygens (including phenoxy) is 2. The van der Waals surface area contributed by atoms with Gasteiger partial charge in [0.05, 0.1) is 12.8 Å². The molecule has 2 rings (SSSR count). The summed E-state index contributed by atoms with van der Waals surface area (Å²) >= 11 is 0. The second-order valence-electron chi connectivity index (χ2n) is 7.34. The maximum absolute atomic E-state index is 12.4. The van der Waals surface area contributed by atoms with Crippen molar-refractivity contribution in [2.45, 2.75) is 46.0 Å². The van der Waals surface area contributed by atoms with Gasteiger partial charge in [0.1, 0.15) is 0 Å². The van der Waals surface area contributed by atoms with Crippen LogP contribution in [0.3, 0.4) is 0 Å². The maximum Gasteiger partial charge on any atom is 0.422 e. The number of benzene rings is 1. The van der Waals surface area contributed by atoms with E-state index in [4.69, 9.17) is 9.47 Å². The van der Waals surface area contributed by atoms with Crippen LogP contribution in [0.2, 0.25) is 0 Å². The molecule has 0 saturated heterocycles. The van der Waals surface area contributed by atoms with Gasteiger partial charge in [0.25, 0.3) is 0 Å². The van der Waals surface area contributed by atoms with Crippen molar-refractivity contribution in [3.63, 3.8) is 0 Å². The van der Waals surface area contributed by atoms with Crippen LogP contribution in [0.5, 0.6) is 11.5 Å². The molecular formula is C21H31F3IN5O2. The summed E-state index contributed by atoms with van der Waals surface area (Å²) in [4.78, 5) is 4.24. The minimum absolute atomic E-state index is 0. The van der Waals surface area contributed by atoms with E-state index >= 15 is 0 Å². The van der Waals surface area contributed by atoms with Crippen LogP contribution in [0.25, 0.3) is 0 Å². The van der Waals surface area contributed by atoms with Crippen LogP contribution < -0.4 is 20.1 Å². The van der Waals surface area contributed by atoms with Crippen molar-refractivity contribution < 1.29 is 22.6 Å². The third-order valence-electron chi connectivity index (χ3n) is 4.86.